The lowest BCUT2D eigenvalue weighted by Crippen LogP contribution is -2.23. The molecule has 6 heteroatoms. The molecule has 1 atom stereocenters. The summed E-state index contributed by atoms with van der Waals surface area (Å²) in [5.41, 5.74) is 5.70. The zero-order chi connectivity index (χ0) is 12.1. The van der Waals surface area contributed by atoms with Crippen LogP contribution in [0.25, 0.3) is 0 Å². The maximum Gasteiger partial charge on any atom is 0.341 e. The fourth-order valence-electron chi connectivity index (χ4n) is 0.989. The number of hydrogen-bond acceptors (Lipinski definition) is 5. The predicted molar refractivity (Wildman–Crippen MR) is 59.7 cm³/mol. The van der Waals surface area contributed by atoms with Crippen LogP contribution in [0.5, 0.6) is 5.75 Å². The first kappa shape index (κ1) is 12.7. The number of hydrogen-bond donors (Lipinski definition) is 1. The molecule has 0 aromatic carbocycles. The second-order valence-corrected chi connectivity index (χ2v) is 3.65. The van der Waals surface area contributed by atoms with E-state index in [4.69, 9.17) is 22.1 Å². The number of carbonyl (C=O) groups is 1. The summed E-state index contributed by atoms with van der Waals surface area (Å²) in [6.07, 6.45) is 1.43. The van der Waals surface area contributed by atoms with Crippen molar-refractivity contribution in [1.82, 2.24) is 4.98 Å². The van der Waals surface area contributed by atoms with Gasteiger partial charge in [0.05, 0.1) is 13.3 Å². The van der Waals surface area contributed by atoms with E-state index in [0.29, 0.717) is 12.4 Å². The molecule has 0 radical (unpaired) electrons. The van der Waals surface area contributed by atoms with Gasteiger partial charge in [0.2, 0.25) is 0 Å². The van der Waals surface area contributed by atoms with Gasteiger partial charge < -0.3 is 15.2 Å². The van der Waals surface area contributed by atoms with Gasteiger partial charge in [0, 0.05) is 6.04 Å². The third kappa shape index (κ3) is 3.36. The van der Waals surface area contributed by atoms with Gasteiger partial charge >= 0.3 is 5.97 Å². The van der Waals surface area contributed by atoms with Crippen LogP contribution in [-0.2, 0) is 4.74 Å². The summed E-state index contributed by atoms with van der Waals surface area (Å²) in [5, 5.41) is 0.0833. The van der Waals surface area contributed by atoms with Crippen molar-refractivity contribution in [1.29, 1.82) is 0 Å². The van der Waals surface area contributed by atoms with E-state index in [9.17, 15) is 4.79 Å². The molecule has 0 bridgehead atoms. The molecule has 0 amide bonds. The van der Waals surface area contributed by atoms with E-state index in [-0.39, 0.29) is 16.8 Å². The lowest BCUT2D eigenvalue weighted by Gasteiger charge is -2.09. The smallest absolute Gasteiger partial charge is 0.341 e. The van der Waals surface area contributed by atoms with Crippen molar-refractivity contribution < 1.29 is 14.3 Å². The van der Waals surface area contributed by atoms with E-state index >= 15 is 0 Å². The van der Waals surface area contributed by atoms with Crippen LogP contribution >= 0.6 is 11.6 Å². The molecule has 5 nitrogen and oxygen atoms in total. The minimum absolute atomic E-state index is 0.0833. The average molecular weight is 245 g/mol. The minimum atomic E-state index is -0.552. The highest BCUT2D eigenvalue weighted by Crippen LogP contribution is 2.19. The second-order valence-electron chi connectivity index (χ2n) is 3.29. The Hall–Kier alpha value is -1.33. The summed E-state index contributed by atoms with van der Waals surface area (Å²) in [4.78, 5) is 15.1. The molecular formula is C10H13ClN2O3. The Morgan fingerprint density at radius 1 is 1.69 bits per heavy atom. The number of halogens is 1. The first-order chi connectivity index (χ1) is 7.54. The molecule has 0 aliphatic heterocycles. The monoisotopic (exact) mass is 244 g/mol. The summed E-state index contributed by atoms with van der Waals surface area (Å²) in [5.74, 6) is -0.120. The van der Waals surface area contributed by atoms with Gasteiger partial charge in [0.15, 0.2) is 0 Å². The van der Waals surface area contributed by atoms with E-state index < -0.39 is 5.97 Å². The molecule has 88 valence electrons. The lowest BCUT2D eigenvalue weighted by molar-refractivity contribution is 0.0600. The third-order valence-corrected chi connectivity index (χ3v) is 2.03. The van der Waals surface area contributed by atoms with Crippen molar-refractivity contribution in [2.24, 2.45) is 5.73 Å². The Morgan fingerprint density at radius 3 is 2.94 bits per heavy atom. The molecule has 0 saturated carbocycles. The van der Waals surface area contributed by atoms with Crippen LogP contribution in [0.4, 0.5) is 0 Å². The van der Waals surface area contributed by atoms with Gasteiger partial charge in [-0.3, -0.25) is 0 Å². The van der Waals surface area contributed by atoms with Gasteiger partial charge in [-0.05, 0) is 13.0 Å². The number of esters is 1. The van der Waals surface area contributed by atoms with Gasteiger partial charge in [-0.15, -0.1) is 0 Å². The van der Waals surface area contributed by atoms with Crippen molar-refractivity contribution in [2.75, 3.05) is 13.7 Å². The van der Waals surface area contributed by atoms with Gasteiger partial charge in [-0.25, -0.2) is 9.78 Å². The lowest BCUT2D eigenvalue weighted by atomic mass is 10.3. The van der Waals surface area contributed by atoms with E-state index in [1.165, 1.54) is 19.4 Å². The van der Waals surface area contributed by atoms with E-state index in [1.807, 2.05) is 6.92 Å². The number of aromatic nitrogens is 1. The predicted octanol–water partition coefficient (Wildman–Crippen LogP) is 1.25. The molecule has 2 N–H and O–H groups in total. The fraction of sp³-hybridized carbons (Fsp3) is 0.400. The molecular weight excluding hydrogens is 232 g/mol. The van der Waals surface area contributed by atoms with Crippen LogP contribution in [0.1, 0.15) is 17.3 Å². The zero-order valence-corrected chi connectivity index (χ0v) is 9.82. The number of ether oxygens (including phenoxy) is 2. The van der Waals surface area contributed by atoms with E-state index in [2.05, 4.69) is 9.72 Å². The van der Waals surface area contributed by atoms with Crippen LogP contribution in [0.3, 0.4) is 0 Å². The maximum absolute atomic E-state index is 11.3. The van der Waals surface area contributed by atoms with E-state index in [0.717, 1.165) is 0 Å². The summed E-state index contributed by atoms with van der Waals surface area (Å²) >= 11 is 5.74. The van der Waals surface area contributed by atoms with Gasteiger partial charge in [0.25, 0.3) is 0 Å². The Morgan fingerprint density at radius 2 is 2.38 bits per heavy atom. The fourth-order valence-corrected chi connectivity index (χ4v) is 1.17. The largest absolute Gasteiger partial charge is 0.490 e. The highest BCUT2D eigenvalue weighted by Gasteiger charge is 2.13. The Kier molecular flexibility index (Phi) is 4.52. The van der Waals surface area contributed by atoms with Crippen molar-refractivity contribution in [3.05, 3.63) is 23.0 Å². The van der Waals surface area contributed by atoms with Gasteiger partial charge in [-0.1, -0.05) is 11.6 Å². The van der Waals surface area contributed by atoms with Crippen LogP contribution < -0.4 is 10.5 Å². The second kappa shape index (κ2) is 5.67. The standard InChI is InChI=1S/C10H13ClN2O3/c1-6(12)5-16-7-3-8(10(14)15-2)9(11)13-4-7/h3-4,6H,5,12H2,1-2H3/t6-/m0/s1. The normalized spacial score (nSPS) is 12.0. The Balaban J connectivity index is 2.85. The molecule has 0 fully saturated rings. The number of nitrogens with two attached hydrogens (primary N) is 1. The highest BCUT2D eigenvalue weighted by atomic mass is 35.5. The number of pyridine rings is 1. The number of carbonyl (C=O) groups excluding carboxylic acids is 1. The van der Waals surface area contributed by atoms with Crippen molar-refractivity contribution in [3.8, 4) is 5.75 Å². The Bertz CT molecular complexity index is 382. The molecule has 1 rings (SSSR count). The zero-order valence-electron chi connectivity index (χ0n) is 9.07. The third-order valence-electron chi connectivity index (χ3n) is 1.73. The number of nitrogens with zero attached hydrogens (tertiary/aromatic N) is 1. The molecule has 0 aliphatic rings. The van der Waals surface area contributed by atoms with E-state index in [1.54, 1.807) is 0 Å². The molecule has 1 heterocycles. The molecule has 16 heavy (non-hydrogen) atoms. The molecule has 1 aromatic heterocycles. The molecule has 0 unspecified atom stereocenters. The van der Waals surface area contributed by atoms with Crippen molar-refractivity contribution in [2.45, 2.75) is 13.0 Å². The summed E-state index contributed by atoms with van der Waals surface area (Å²) in [7, 11) is 1.27. The number of rotatable bonds is 4. The average Bonchev–Trinajstić information content (AvgIpc) is 2.27. The molecule has 1 aromatic rings. The SMILES string of the molecule is COC(=O)c1cc(OC[C@H](C)N)cnc1Cl. The molecule has 0 spiro atoms. The van der Waals surface area contributed by atoms with Crippen LogP contribution in [0, 0.1) is 0 Å². The summed E-state index contributed by atoms with van der Waals surface area (Å²) < 4.78 is 9.86. The Labute approximate surface area is 98.5 Å². The van der Waals surface area contributed by atoms with Gasteiger partial charge in [-0.2, -0.15) is 0 Å². The van der Waals surface area contributed by atoms with Crippen LogP contribution in [0.2, 0.25) is 5.15 Å². The highest BCUT2D eigenvalue weighted by molar-refractivity contribution is 6.32. The van der Waals surface area contributed by atoms with Gasteiger partial charge in [0.1, 0.15) is 23.1 Å². The topological polar surface area (TPSA) is 74.4 Å². The number of methoxy groups -OCH3 is 1. The van der Waals surface area contributed by atoms with Crippen molar-refractivity contribution in [3.63, 3.8) is 0 Å². The quantitative estimate of drug-likeness (QED) is 0.637. The van der Waals surface area contributed by atoms with Crippen molar-refractivity contribution >= 4 is 17.6 Å². The maximum atomic E-state index is 11.3. The molecule has 0 aliphatic carbocycles. The first-order valence-corrected chi connectivity index (χ1v) is 5.04. The van der Waals surface area contributed by atoms with Crippen LogP contribution in [-0.4, -0.2) is 30.7 Å². The van der Waals surface area contributed by atoms with Crippen LogP contribution in [0.15, 0.2) is 12.3 Å². The minimum Gasteiger partial charge on any atom is -0.490 e. The molecule has 0 saturated heterocycles. The summed E-state index contributed by atoms with van der Waals surface area (Å²) in [6, 6.07) is 1.38. The summed E-state index contributed by atoms with van der Waals surface area (Å²) in [6.45, 7) is 2.15. The first-order valence-electron chi connectivity index (χ1n) is 4.67.